The van der Waals surface area contributed by atoms with E-state index in [2.05, 4.69) is 34.3 Å². The lowest BCUT2D eigenvalue weighted by atomic mass is 10.2. The van der Waals surface area contributed by atoms with E-state index in [4.69, 9.17) is 5.26 Å². The predicted octanol–water partition coefficient (Wildman–Crippen LogP) is 3.65. The first-order valence-electron chi connectivity index (χ1n) is 9.48. The first-order chi connectivity index (χ1) is 14.0. The molecule has 0 amide bonds. The van der Waals surface area contributed by atoms with Gasteiger partial charge in [0.25, 0.3) is 10.0 Å². The topological polar surface area (TPSA) is 89.1 Å². The number of halogens is 1. The molecule has 0 spiro atoms. The highest BCUT2D eigenvalue weighted by Gasteiger charge is 2.31. The molecule has 1 aliphatic rings. The lowest BCUT2D eigenvalue weighted by Crippen LogP contribution is -2.27. The number of hydrogen-bond donors (Lipinski definition) is 0. The number of rotatable bonds is 7. The summed E-state index contributed by atoms with van der Waals surface area (Å²) in [6.45, 7) is 6.33. The van der Waals surface area contributed by atoms with Crippen LogP contribution in [0.15, 0.2) is 62.9 Å². The number of amidine groups is 1. The van der Waals surface area contributed by atoms with Gasteiger partial charge in [0.15, 0.2) is 5.84 Å². The van der Waals surface area contributed by atoms with Gasteiger partial charge in [0.05, 0.1) is 25.2 Å². The minimum atomic E-state index is -3.74. The first-order valence-corrected chi connectivity index (χ1v) is 10.9. The van der Waals surface area contributed by atoms with Crippen molar-refractivity contribution in [1.82, 2.24) is 5.01 Å². The van der Waals surface area contributed by atoms with Gasteiger partial charge in [-0.15, -0.1) is 16.8 Å². The summed E-state index contributed by atoms with van der Waals surface area (Å²) in [6.07, 6.45) is 1.85. The van der Waals surface area contributed by atoms with Gasteiger partial charge in [-0.25, -0.2) is 5.01 Å². The third-order valence-corrected chi connectivity index (χ3v) is 5.99. The van der Waals surface area contributed by atoms with Gasteiger partial charge in [-0.2, -0.15) is 18.8 Å². The molecule has 158 valence electrons. The van der Waals surface area contributed by atoms with Crippen molar-refractivity contribution in [3.8, 4) is 6.07 Å². The quantitative estimate of drug-likeness (QED) is 0.479. The Balaban J connectivity index is 0.00000320. The number of nitrogens with zero attached hydrogens (tertiary/aromatic N) is 5. The van der Waals surface area contributed by atoms with E-state index in [1.54, 1.807) is 24.4 Å². The zero-order valence-electron chi connectivity index (χ0n) is 16.9. The number of nitriles is 1. The maximum atomic E-state index is 12.3. The predicted molar refractivity (Wildman–Crippen MR) is 122 cm³/mol. The van der Waals surface area contributed by atoms with Gasteiger partial charge < -0.3 is 4.90 Å². The number of hydrazone groups is 1. The maximum absolute atomic E-state index is 12.3. The van der Waals surface area contributed by atoms with Crippen LogP contribution in [-0.4, -0.2) is 45.1 Å². The molecule has 0 fully saturated rings. The first kappa shape index (κ1) is 23.4. The molecule has 1 aliphatic heterocycles. The second-order valence-electron chi connectivity index (χ2n) is 6.43. The lowest BCUT2D eigenvalue weighted by molar-refractivity contribution is 0.459. The largest absolute Gasteiger partial charge is 0.372 e. The van der Waals surface area contributed by atoms with Crippen molar-refractivity contribution < 1.29 is 8.42 Å². The number of benzene rings is 2. The van der Waals surface area contributed by atoms with Gasteiger partial charge in [-0.1, -0.05) is 24.3 Å². The van der Waals surface area contributed by atoms with Crippen molar-refractivity contribution in [3.63, 3.8) is 0 Å². The monoisotopic (exact) mass is 445 g/mol. The van der Waals surface area contributed by atoms with E-state index in [0.29, 0.717) is 5.56 Å². The molecule has 0 saturated carbocycles. The summed E-state index contributed by atoms with van der Waals surface area (Å²) in [5, 5.41) is 14.9. The minimum absolute atomic E-state index is 0. The van der Waals surface area contributed by atoms with Crippen molar-refractivity contribution >= 4 is 40.2 Å². The number of hydrogen-bond acceptors (Lipinski definition) is 6. The zero-order chi connectivity index (χ0) is 20.9. The molecule has 0 bridgehead atoms. The second kappa shape index (κ2) is 10.2. The summed E-state index contributed by atoms with van der Waals surface area (Å²) in [4.78, 5) is 2.41. The standard InChI is InChI=1S/C21H23N5O2S.ClH/c1-3-25(4-2)18-12-10-17(11-13-18)16-23-26(15-7-14-22)21-19-8-5-6-9-20(19)29(27,28)24-21;/h5-6,8-13,16H,3-4,7,15H2,1-2H3;1H. The second-order valence-corrected chi connectivity index (χ2v) is 8.00. The fourth-order valence-electron chi connectivity index (χ4n) is 3.15. The summed E-state index contributed by atoms with van der Waals surface area (Å²) in [5.41, 5.74) is 2.51. The molecule has 3 rings (SSSR count). The molecule has 0 N–H and O–H groups in total. The Labute approximate surface area is 183 Å². The van der Waals surface area contributed by atoms with E-state index in [0.717, 1.165) is 24.3 Å². The Morgan fingerprint density at radius 3 is 2.40 bits per heavy atom. The van der Waals surface area contributed by atoms with E-state index >= 15 is 0 Å². The van der Waals surface area contributed by atoms with Crippen molar-refractivity contribution in [2.45, 2.75) is 25.2 Å². The third-order valence-electron chi connectivity index (χ3n) is 4.66. The van der Waals surface area contributed by atoms with Crippen LogP contribution in [0.1, 0.15) is 31.4 Å². The minimum Gasteiger partial charge on any atom is -0.372 e. The van der Waals surface area contributed by atoms with E-state index in [9.17, 15) is 8.42 Å². The van der Waals surface area contributed by atoms with Gasteiger partial charge in [-0.05, 0) is 43.7 Å². The molecule has 30 heavy (non-hydrogen) atoms. The molecule has 0 aliphatic carbocycles. The van der Waals surface area contributed by atoms with Crippen molar-refractivity contribution in [1.29, 1.82) is 5.26 Å². The zero-order valence-corrected chi connectivity index (χ0v) is 18.5. The summed E-state index contributed by atoms with van der Waals surface area (Å²) in [6, 6.07) is 16.7. The van der Waals surface area contributed by atoms with Crippen LogP contribution in [0.2, 0.25) is 0 Å². The van der Waals surface area contributed by atoms with Crippen LogP contribution >= 0.6 is 12.4 Å². The van der Waals surface area contributed by atoms with Crippen LogP contribution in [-0.2, 0) is 10.0 Å². The normalized spacial score (nSPS) is 13.8. The van der Waals surface area contributed by atoms with Crippen LogP contribution in [0.4, 0.5) is 5.69 Å². The van der Waals surface area contributed by atoms with Crippen molar-refractivity contribution in [2.24, 2.45) is 9.50 Å². The molecule has 0 radical (unpaired) electrons. The van der Waals surface area contributed by atoms with Gasteiger partial charge in [0.1, 0.15) is 4.90 Å². The fraction of sp³-hybridized carbons (Fsp3) is 0.286. The Morgan fingerprint density at radius 2 is 1.77 bits per heavy atom. The lowest BCUT2D eigenvalue weighted by Gasteiger charge is -2.21. The summed E-state index contributed by atoms with van der Waals surface area (Å²) in [7, 11) is -3.74. The van der Waals surface area contributed by atoms with Gasteiger partial charge in [0, 0.05) is 24.3 Å². The SMILES string of the molecule is CCN(CC)c1ccc(C=NN(CCC#N)C2=NS(=O)(=O)c3ccccc32)cc1.Cl. The Bertz CT molecular complexity index is 1070. The van der Waals surface area contributed by atoms with E-state index in [-0.39, 0.29) is 36.1 Å². The molecule has 7 nitrogen and oxygen atoms in total. The molecular formula is C21H24ClN5O2S. The van der Waals surface area contributed by atoms with E-state index in [1.165, 1.54) is 11.1 Å². The number of fused-ring (bicyclic) bond motifs is 1. The van der Waals surface area contributed by atoms with Crippen LogP contribution in [0.5, 0.6) is 0 Å². The summed E-state index contributed by atoms with van der Waals surface area (Å²) in [5.74, 6) is 0.242. The van der Waals surface area contributed by atoms with Crippen LogP contribution < -0.4 is 4.90 Å². The summed E-state index contributed by atoms with van der Waals surface area (Å²) >= 11 is 0. The fourth-order valence-corrected chi connectivity index (χ4v) is 4.35. The molecular weight excluding hydrogens is 422 g/mol. The van der Waals surface area contributed by atoms with Crippen LogP contribution in [0.25, 0.3) is 0 Å². The van der Waals surface area contributed by atoms with Crippen LogP contribution in [0, 0.1) is 11.3 Å². The molecule has 0 aromatic heterocycles. The van der Waals surface area contributed by atoms with E-state index in [1.807, 2.05) is 24.3 Å². The molecule has 0 atom stereocenters. The molecule has 9 heteroatoms. The maximum Gasteiger partial charge on any atom is 0.285 e. The van der Waals surface area contributed by atoms with Crippen molar-refractivity contribution in [3.05, 3.63) is 59.7 Å². The van der Waals surface area contributed by atoms with Gasteiger partial charge >= 0.3 is 0 Å². The number of sulfonamides is 1. The molecule has 2 aromatic carbocycles. The number of anilines is 1. The Hall–Kier alpha value is -2.89. The average molecular weight is 446 g/mol. The highest BCUT2D eigenvalue weighted by molar-refractivity contribution is 7.90. The molecule has 0 saturated heterocycles. The molecule has 0 unspecified atom stereocenters. The smallest absolute Gasteiger partial charge is 0.285 e. The summed E-state index contributed by atoms with van der Waals surface area (Å²) < 4.78 is 28.6. The van der Waals surface area contributed by atoms with Crippen LogP contribution in [0.3, 0.4) is 0 Å². The third kappa shape index (κ3) is 4.99. The Morgan fingerprint density at radius 1 is 1.10 bits per heavy atom. The van der Waals surface area contributed by atoms with E-state index < -0.39 is 10.0 Å². The average Bonchev–Trinajstić information content (AvgIpc) is 3.01. The molecule has 2 aromatic rings. The highest BCUT2D eigenvalue weighted by atomic mass is 35.5. The molecule has 1 heterocycles. The Kier molecular flexibility index (Phi) is 7.98. The highest BCUT2D eigenvalue weighted by Crippen LogP contribution is 2.27. The van der Waals surface area contributed by atoms with Gasteiger partial charge in [0.2, 0.25) is 0 Å². The van der Waals surface area contributed by atoms with Gasteiger partial charge in [-0.3, -0.25) is 0 Å². The van der Waals surface area contributed by atoms with Crippen molar-refractivity contribution in [2.75, 3.05) is 24.5 Å².